The van der Waals surface area contributed by atoms with E-state index in [1.54, 1.807) is 0 Å². The van der Waals surface area contributed by atoms with Crippen LogP contribution in [0, 0.1) is 18.8 Å². The summed E-state index contributed by atoms with van der Waals surface area (Å²) in [6.45, 7) is 30.0. The summed E-state index contributed by atoms with van der Waals surface area (Å²) in [5.41, 5.74) is 19.9. The summed E-state index contributed by atoms with van der Waals surface area (Å²) in [6.07, 6.45) is 1.91. The van der Waals surface area contributed by atoms with Crippen molar-refractivity contribution in [3.05, 3.63) is 247 Å². The third kappa shape index (κ3) is 10.6. The number of pyridine rings is 1. The van der Waals surface area contributed by atoms with E-state index >= 15 is 0 Å². The fourth-order valence-corrected chi connectivity index (χ4v) is 11.6. The largest absolute Gasteiger partial charge is 0.509 e. The normalized spacial score (nSPS) is 12.9. The molecule has 2 aromatic heterocycles. The van der Waals surface area contributed by atoms with Gasteiger partial charge in [-0.05, 0) is 125 Å². The number of benzene rings is 9. The van der Waals surface area contributed by atoms with Gasteiger partial charge < -0.3 is 19.1 Å². The number of rotatable bonds is 9. The fourth-order valence-electron chi connectivity index (χ4n) is 11.6. The number of ether oxygens (including phenoxy) is 1. The molecular weight excluding hydrogens is 1180 g/mol. The van der Waals surface area contributed by atoms with Crippen LogP contribution in [0.2, 0.25) is 0 Å². The van der Waals surface area contributed by atoms with Crippen LogP contribution < -0.4 is 14.5 Å². The van der Waals surface area contributed by atoms with E-state index in [2.05, 4.69) is 304 Å². The Morgan fingerprint density at radius 3 is 1.68 bits per heavy atom. The monoisotopic (exact) mass is 1250 g/mol. The maximum Gasteiger partial charge on any atom is 0.135 e. The van der Waals surface area contributed by atoms with Crippen molar-refractivity contribution in [3.8, 4) is 61.8 Å². The quantitative estimate of drug-likeness (QED) is 0.135. The molecule has 0 fully saturated rings. The molecule has 0 saturated carbocycles. The van der Waals surface area contributed by atoms with Crippen molar-refractivity contribution in [2.24, 2.45) is 0 Å². The molecule has 0 N–H and O–H groups in total. The van der Waals surface area contributed by atoms with Crippen LogP contribution in [0.5, 0.6) is 11.5 Å². The van der Waals surface area contributed by atoms with E-state index in [0.717, 1.165) is 61.5 Å². The smallest absolute Gasteiger partial charge is 0.135 e. The minimum Gasteiger partial charge on any atom is -0.509 e. The standard InChI is InChI=1S/C76H71N4O.Pt/c1-73(2,3)54-40-41-77-71(46-54)80-67-33-22-20-31-61(67)62-38-36-58(48-69(62)80)81-57-29-23-28-56(47-57)78-49-79(68-39-35-53(43-70(68)78)51-26-17-14-18-27-51)72-63(59-30-19-21-32-65(59)75(7,8)9)44-55(74(4,5)6)45-64(72)60-37-34-52(42-66(60)76(10,11)12)50-24-15-13-16-25-50;/h13-46,49H,1-12H3;/q-3;. The van der Waals surface area contributed by atoms with Crippen LogP contribution >= 0.6 is 0 Å². The molecule has 1 aliphatic heterocycles. The number of para-hydroxylation sites is 1. The third-order valence-corrected chi connectivity index (χ3v) is 15.9. The van der Waals surface area contributed by atoms with Crippen molar-refractivity contribution in [2.75, 3.05) is 9.80 Å². The molecule has 0 bridgehead atoms. The third-order valence-electron chi connectivity index (χ3n) is 15.9. The molecule has 1 aliphatic rings. The number of hydrogen-bond acceptors (Lipinski definition) is 4. The molecule has 82 heavy (non-hydrogen) atoms. The molecule has 0 aliphatic carbocycles. The first-order chi connectivity index (χ1) is 38.7. The van der Waals surface area contributed by atoms with Gasteiger partial charge in [-0.1, -0.05) is 216 Å². The minimum absolute atomic E-state index is 0. The molecule has 3 heterocycles. The first-order valence-electron chi connectivity index (χ1n) is 28.4. The Bertz CT molecular complexity index is 4170. The van der Waals surface area contributed by atoms with Gasteiger partial charge in [-0.2, -0.15) is 12.1 Å². The molecule has 0 radical (unpaired) electrons. The first kappa shape index (κ1) is 55.9. The van der Waals surface area contributed by atoms with Crippen LogP contribution in [0.15, 0.2) is 206 Å². The van der Waals surface area contributed by atoms with Gasteiger partial charge in [0.2, 0.25) is 0 Å². The van der Waals surface area contributed by atoms with Crippen LogP contribution in [-0.4, -0.2) is 9.55 Å². The Labute approximate surface area is 500 Å². The van der Waals surface area contributed by atoms with Gasteiger partial charge in [0.15, 0.2) is 0 Å². The summed E-state index contributed by atoms with van der Waals surface area (Å²) in [7, 11) is 0. The molecule has 6 heteroatoms. The second-order valence-electron chi connectivity index (χ2n) is 25.9. The second-order valence-corrected chi connectivity index (χ2v) is 25.9. The van der Waals surface area contributed by atoms with E-state index in [0.29, 0.717) is 11.5 Å². The predicted molar refractivity (Wildman–Crippen MR) is 341 cm³/mol. The maximum absolute atomic E-state index is 6.88. The molecule has 0 amide bonds. The Morgan fingerprint density at radius 2 is 1.01 bits per heavy atom. The number of aromatic nitrogens is 2. The number of fused-ring (bicyclic) bond motifs is 4. The van der Waals surface area contributed by atoms with Gasteiger partial charge in [-0.25, -0.2) is 4.98 Å². The number of anilines is 4. The summed E-state index contributed by atoms with van der Waals surface area (Å²) in [5.74, 6) is 2.01. The van der Waals surface area contributed by atoms with Gasteiger partial charge in [0, 0.05) is 72.5 Å². The average molecular weight is 1250 g/mol. The fraction of sp³-hybridized carbons (Fsp3) is 0.211. The van der Waals surface area contributed by atoms with E-state index < -0.39 is 0 Å². The van der Waals surface area contributed by atoms with Crippen LogP contribution in [-0.2, 0) is 42.7 Å². The zero-order valence-electron chi connectivity index (χ0n) is 49.2. The van der Waals surface area contributed by atoms with Gasteiger partial charge in [0.05, 0.1) is 0 Å². The summed E-state index contributed by atoms with van der Waals surface area (Å²) in [6, 6.07) is 80.0. The van der Waals surface area contributed by atoms with E-state index in [-0.39, 0.29) is 42.7 Å². The SMILES string of the molecule is CC(C)(C)c1ccnc(-n2c3[c-]c(Oc4[c-]c(N5[CH-]N(c6c(-c7ccccc7C(C)(C)C)cc(C(C)(C)C)cc6-c6ccc(-c7ccccc7)cc6C(C)(C)C)c6ccc(-c7ccccc7)cc65)ccc4)ccc3c3ccccc32)c1.[Pt]. The zero-order valence-corrected chi connectivity index (χ0v) is 51.5. The minimum atomic E-state index is -0.204. The van der Waals surface area contributed by atoms with Gasteiger partial charge in [0.25, 0.3) is 0 Å². The second kappa shape index (κ2) is 21.4. The van der Waals surface area contributed by atoms with Crippen LogP contribution in [0.4, 0.5) is 22.7 Å². The molecule has 0 saturated heterocycles. The summed E-state index contributed by atoms with van der Waals surface area (Å²) < 4.78 is 9.08. The van der Waals surface area contributed by atoms with Crippen LogP contribution in [0.25, 0.3) is 72.1 Å². The van der Waals surface area contributed by atoms with Crippen molar-refractivity contribution >= 4 is 44.6 Å². The predicted octanol–water partition coefficient (Wildman–Crippen LogP) is 20.8. The van der Waals surface area contributed by atoms with Crippen molar-refractivity contribution in [3.63, 3.8) is 0 Å². The van der Waals surface area contributed by atoms with E-state index in [1.807, 2.05) is 18.3 Å². The molecule has 5 nitrogen and oxygen atoms in total. The molecule has 0 atom stereocenters. The van der Waals surface area contributed by atoms with E-state index in [4.69, 9.17) is 9.72 Å². The van der Waals surface area contributed by atoms with Crippen LogP contribution in [0.3, 0.4) is 0 Å². The Balaban J connectivity index is 0.00000705. The summed E-state index contributed by atoms with van der Waals surface area (Å²) in [5, 5.41) is 2.21. The molecule has 0 spiro atoms. The van der Waals surface area contributed by atoms with Gasteiger partial charge in [-0.15, -0.1) is 48.1 Å². The molecule has 0 unspecified atom stereocenters. The molecule has 12 rings (SSSR count). The van der Waals surface area contributed by atoms with Crippen molar-refractivity contribution in [1.29, 1.82) is 0 Å². The van der Waals surface area contributed by atoms with E-state index in [1.165, 1.54) is 55.6 Å². The van der Waals surface area contributed by atoms with Crippen LogP contribution in [0.1, 0.15) is 105 Å². The molecule has 11 aromatic rings. The van der Waals surface area contributed by atoms with Gasteiger partial charge in [-0.3, -0.25) is 0 Å². The molecule has 414 valence electrons. The van der Waals surface area contributed by atoms with Gasteiger partial charge in [0.1, 0.15) is 5.82 Å². The average Bonchev–Trinajstić information content (AvgIpc) is 3.09. The Morgan fingerprint density at radius 1 is 0.415 bits per heavy atom. The maximum atomic E-state index is 6.88. The Hall–Kier alpha value is -7.98. The topological polar surface area (TPSA) is 33.5 Å². The van der Waals surface area contributed by atoms with E-state index in [9.17, 15) is 0 Å². The first-order valence-corrected chi connectivity index (χ1v) is 28.4. The molecular formula is C76H71N4OPt-3. The number of hydrogen-bond donors (Lipinski definition) is 0. The van der Waals surface area contributed by atoms with Crippen molar-refractivity contribution in [1.82, 2.24) is 9.55 Å². The van der Waals surface area contributed by atoms with Gasteiger partial charge >= 0.3 is 0 Å². The zero-order chi connectivity index (χ0) is 56.6. The summed E-state index contributed by atoms with van der Waals surface area (Å²) >= 11 is 0. The number of nitrogens with zero attached hydrogens (tertiary/aromatic N) is 4. The summed E-state index contributed by atoms with van der Waals surface area (Å²) in [4.78, 5) is 9.66. The van der Waals surface area contributed by atoms with Crippen molar-refractivity contribution < 1.29 is 25.8 Å². The van der Waals surface area contributed by atoms with Crippen molar-refractivity contribution in [2.45, 2.75) is 105 Å². The Kier molecular flexibility index (Phi) is 14.6. The molecule has 9 aromatic carbocycles.